The Bertz CT molecular complexity index is 199. The van der Waals surface area contributed by atoms with Gasteiger partial charge in [-0.25, -0.2) is 9.59 Å². The molecule has 0 aromatic rings. The van der Waals surface area contributed by atoms with Crippen LogP contribution in [0.4, 0.5) is 0 Å². The van der Waals surface area contributed by atoms with Gasteiger partial charge in [-0.2, -0.15) is 5.06 Å². The lowest BCUT2D eigenvalue weighted by Gasteiger charge is -2.04. The van der Waals surface area contributed by atoms with Gasteiger partial charge >= 0.3 is 11.9 Å². The molecule has 0 radical (unpaired) electrons. The topological polar surface area (TPSA) is 86.8 Å². The lowest BCUT2D eigenvalue weighted by Crippen LogP contribution is -2.37. The molecule has 0 amide bonds. The number of aliphatic carboxylic acids is 2. The Balaban J connectivity index is 2.79. The number of hydroxylamine groups is 2. The highest BCUT2D eigenvalue weighted by Gasteiger charge is 2.67. The van der Waals surface area contributed by atoms with Gasteiger partial charge in [0, 0.05) is 0 Å². The van der Waals surface area contributed by atoms with E-state index >= 15 is 0 Å². The fourth-order valence-corrected chi connectivity index (χ4v) is 0.833. The summed E-state index contributed by atoms with van der Waals surface area (Å²) in [6, 6.07) is 0. The molecular formula is C5H7NO5. The molecule has 1 aliphatic heterocycles. The van der Waals surface area contributed by atoms with Crippen LogP contribution in [0.25, 0.3) is 0 Å². The van der Waals surface area contributed by atoms with Crippen LogP contribution in [0.1, 0.15) is 0 Å². The average molecular weight is 161 g/mol. The predicted molar refractivity (Wildman–Crippen MR) is 31.7 cm³/mol. The van der Waals surface area contributed by atoms with E-state index in [2.05, 4.69) is 4.84 Å². The molecule has 0 aromatic carbocycles. The van der Waals surface area contributed by atoms with Gasteiger partial charge in [-0.1, -0.05) is 0 Å². The van der Waals surface area contributed by atoms with Crippen molar-refractivity contribution >= 4 is 11.9 Å². The second kappa shape index (κ2) is 2.18. The van der Waals surface area contributed by atoms with E-state index in [0.29, 0.717) is 0 Å². The first-order valence-corrected chi connectivity index (χ1v) is 2.84. The number of hydrogen-bond donors (Lipinski definition) is 2. The molecule has 6 heteroatoms. The molecule has 0 aliphatic carbocycles. The Morgan fingerprint density at radius 2 is 1.91 bits per heavy atom. The van der Waals surface area contributed by atoms with Gasteiger partial charge in [0.05, 0.1) is 13.7 Å². The molecule has 1 heterocycles. The highest BCUT2D eigenvalue weighted by Crippen LogP contribution is 2.32. The number of nitrogens with zero attached hydrogens (tertiary/aromatic N) is 1. The van der Waals surface area contributed by atoms with Crippen LogP contribution in [0.3, 0.4) is 0 Å². The minimum absolute atomic E-state index is 0.103. The standard InChI is InChI=1S/C5H7NO5/c1-11-6-2-5(6,3(7)8)4(9)10/h2H2,1H3,(H,7,8)(H,9,10). The van der Waals surface area contributed by atoms with E-state index in [1.165, 1.54) is 7.11 Å². The maximum Gasteiger partial charge on any atom is 0.339 e. The number of rotatable bonds is 3. The second-order valence-electron chi connectivity index (χ2n) is 2.19. The van der Waals surface area contributed by atoms with Crippen molar-refractivity contribution in [2.45, 2.75) is 5.54 Å². The van der Waals surface area contributed by atoms with Crippen LogP contribution in [0.2, 0.25) is 0 Å². The van der Waals surface area contributed by atoms with Gasteiger partial charge in [0.1, 0.15) is 0 Å². The van der Waals surface area contributed by atoms with E-state index < -0.39 is 17.5 Å². The predicted octanol–water partition coefficient (Wildman–Crippen LogP) is -1.23. The van der Waals surface area contributed by atoms with E-state index in [-0.39, 0.29) is 6.54 Å². The molecule has 62 valence electrons. The second-order valence-corrected chi connectivity index (χ2v) is 2.19. The lowest BCUT2D eigenvalue weighted by atomic mass is 10.2. The zero-order valence-electron chi connectivity index (χ0n) is 5.77. The monoisotopic (exact) mass is 161 g/mol. The van der Waals surface area contributed by atoms with E-state index in [9.17, 15) is 9.59 Å². The van der Waals surface area contributed by atoms with E-state index in [1.54, 1.807) is 0 Å². The van der Waals surface area contributed by atoms with Gasteiger partial charge in [-0.05, 0) is 0 Å². The molecule has 2 N–H and O–H groups in total. The van der Waals surface area contributed by atoms with Crippen LogP contribution in [-0.4, -0.2) is 46.4 Å². The zero-order chi connectivity index (χ0) is 8.65. The zero-order valence-corrected chi connectivity index (χ0v) is 5.77. The summed E-state index contributed by atoms with van der Waals surface area (Å²) >= 11 is 0. The molecule has 1 unspecified atom stereocenters. The maximum atomic E-state index is 10.4. The van der Waals surface area contributed by atoms with Crippen LogP contribution in [0.15, 0.2) is 0 Å². The Labute approximate surface area is 61.9 Å². The molecule has 1 fully saturated rings. The van der Waals surface area contributed by atoms with Crippen molar-refractivity contribution in [3.63, 3.8) is 0 Å². The Morgan fingerprint density at radius 3 is 2.00 bits per heavy atom. The molecular weight excluding hydrogens is 154 g/mol. The van der Waals surface area contributed by atoms with Crippen molar-refractivity contribution in [2.75, 3.05) is 13.7 Å². The molecule has 1 saturated heterocycles. The largest absolute Gasteiger partial charge is 0.479 e. The molecule has 1 aliphatic rings. The van der Waals surface area contributed by atoms with Gasteiger partial charge in [0.2, 0.25) is 0 Å². The van der Waals surface area contributed by atoms with Gasteiger partial charge in [0.15, 0.2) is 0 Å². The smallest absolute Gasteiger partial charge is 0.339 e. The molecule has 11 heavy (non-hydrogen) atoms. The summed E-state index contributed by atoms with van der Waals surface area (Å²) in [6.07, 6.45) is 0. The fraction of sp³-hybridized carbons (Fsp3) is 0.600. The van der Waals surface area contributed by atoms with Crippen molar-refractivity contribution in [3.05, 3.63) is 0 Å². The summed E-state index contributed by atoms with van der Waals surface area (Å²) in [5, 5.41) is 17.8. The van der Waals surface area contributed by atoms with E-state index in [0.717, 1.165) is 5.06 Å². The molecule has 0 saturated carbocycles. The maximum absolute atomic E-state index is 10.4. The summed E-state index contributed by atoms with van der Waals surface area (Å²) in [7, 11) is 1.23. The first-order chi connectivity index (χ1) is 5.05. The van der Waals surface area contributed by atoms with Crippen molar-refractivity contribution < 1.29 is 24.6 Å². The lowest BCUT2D eigenvalue weighted by molar-refractivity contribution is -0.163. The van der Waals surface area contributed by atoms with Crippen LogP contribution in [-0.2, 0) is 14.4 Å². The number of carboxylic acids is 2. The minimum Gasteiger partial charge on any atom is -0.479 e. The van der Waals surface area contributed by atoms with Gasteiger partial charge in [-0.3, -0.25) is 0 Å². The number of carbonyl (C=O) groups is 2. The van der Waals surface area contributed by atoms with Crippen molar-refractivity contribution in [1.82, 2.24) is 5.06 Å². The van der Waals surface area contributed by atoms with E-state index in [4.69, 9.17) is 10.2 Å². The summed E-state index contributed by atoms with van der Waals surface area (Å²) < 4.78 is 0. The first kappa shape index (κ1) is 7.96. The molecule has 1 rings (SSSR count). The third kappa shape index (κ3) is 0.873. The van der Waals surface area contributed by atoms with Crippen molar-refractivity contribution in [1.29, 1.82) is 0 Å². The summed E-state index contributed by atoms with van der Waals surface area (Å²) in [6.45, 7) is -0.103. The summed E-state index contributed by atoms with van der Waals surface area (Å²) in [5.74, 6) is -2.79. The highest BCUT2D eigenvalue weighted by molar-refractivity contribution is 6.06. The Hall–Kier alpha value is -1.14. The van der Waals surface area contributed by atoms with Crippen LogP contribution in [0, 0.1) is 0 Å². The van der Waals surface area contributed by atoms with Crippen molar-refractivity contribution in [3.8, 4) is 0 Å². The number of hydrogen-bond acceptors (Lipinski definition) is 4. The van der Waals surface area contributed by atoms with Gasteiger partial charge in [0.25, 0.3) is 5.54 Å². The first-order valence-electron chi connectivity index (χ1n) is 2.84. The minimum atomic E-state index is -1.84. The normalized spacial score (nSPS) is 26.1. The van der Waals surface area contributed by atoms with Gasteiger partial charge in [-0.15, -0.1) is 0 Å². The third-order valence-corrected chi connectivity index (χ3v) is 1.62. The summed E-state index contributed by atoms with van der Waals surface area (Å²) in [5.41, 5.74) is -1.84. The quantitative estimate of drug-likeness (QED) is 0.398. The highest BCUT2D eigenvalue weighted by atomic mass is 16.7. The van der Waals surface area contributed by atoms with Crippen molar-refractivity contribution in [2.24, 2.45) is 0 Å². The SMILES string of the molecule is CON1CC1(C(=O)O)C(=O)O. The van der Waals surface area contributed by atoms with Crippen LogP contribution in [0.5, 0.6) is 0 Å². The molecule has 0 spiro atoms. The van der Waals surface area contributed by atoms with E-state index in [1.807, 2.05) is 0 Å². The Morgan fingerprint density at radius 1 is 1.45 bits per heavy atom. The van der Waals surface area contributed by atoms with Crippen LogP contribution >= 0.6 is 0 Å². The van der Waals surface area contributed by atoms with Crippen LogP contribution < -0.4 is 0 Å². The third-order valence-electron chi connectivity index (χ3n) is 1.62. The number of carboxylic acid groups (broad SMARTS) is 2. The Kier molecular flexibility index (Phi) is 1.57. The van der Waals surface area contributed by atoms with Gasteiger partial charge < -0.3 is 15.1 Å². The molecule has 0 aromatic heterocycles. The molecule has 0 bridgehead atoms. The summed E-state index contributed by atoms with van der Waals surface area (Å²) in [4.78, 5) is 25.3. The molecule has 6 nitrogen and oxygen atoms in total. The fourth-order valence-electron chi connectivity index (χ4n) is 0.833. The molecule has 1 atom stereocenters. The average Bonchev–Trinajstić information content (AvgIpc) is 2.61.